The summed E-state index contributed by atoms with van der Waals surface area (Å²) in [6, 6.07) is 69.9. The molecule has 9 rings (SSSR count). The number of benzene rings is 8. The van der Waals surface area contributed by atoms with E-state index in [4.69, 9.17) is 0 Å². The molecule has 48 heavy (non-hydrogen) atoms. The summed E-state index contributed by atoms with van der Waals surface area (Å²) in [6.07, 6.45) is 0. The fourth-order valence-corrected chi connectivity index (χ4v) is 7.10. The van der Waals surface area contributed by atoms with Gasteiger partial charge < -0.3 is 9.47 Å². The number of fused-ring (bicyclic) bond motifs is 4. The van der Waals surface area contributed by atoms with Crippen molar-refractivity contribution < 1.29 is 0 Å². The van der Waals surface area contributed by atoms with E-state index >= 15 is 0 Å². The van der Waals surface area contributed by atoms with Gasteiger partial charge in [-0.2, -0.15) is 0 Å². The van der Waals surface area contributed by atoms with Crippen LogP contribution in [0.15, 0.2) is 194 Å². The van der Waals surface area contributed by atoms with Crippen LogP contribution in [0.4, 0.5) is 17.1 Å². The van der Waals surface area contributed by atoms with Gasteiger partial charge in [0.05, 0.1) is 11.0 Å². The van der Waals surface area contributed by atoms with E-state index in [9.17, 15) is 0 Å². The summed E-state index contributed by atoms with van der Waals surface area (Å²) < 4.78 is 2.42. The van der Waals surface area contributed by atoms with E-state index < -0.39 is 0 Å². The quantitative estimate of drug-likeness (QED) is 0.181. The lowest BCUT2D eigenvalue weighted by Gasteiger charge is -2.26. The van der Waals surface area contributed by atoms with Gasteiger partial charge in [-0.25, -0.2) is 0 Å². The van der Waals surface area contributed by atoms with E-state index in [1.54, 1.807) is 0 Å². The molecule has 9 aromatic rings. The van der Waals surface area contributed by atoms with Crippen molar-refractivity contribution in [1.82, 2.24) is 4.57 Å². The van der Waals surface area contributed by atoms with Crippen LogP contribution >= 0.6 is 0 Å². The van der Waals surface area contributed by atoms with E-state index in [0.717, 1.165) is 22.7 Å². The first-order chi connectivity index (χ1) is 23.8. The number of aromatic nitrogens is 1. The number of anilines is 3. The average Bonchev–Trinajstić information content (AvgIpc) is 3.49. The maximum atomic E-state index is 2.42. The Labute approximate surface area is 280 Å². The maximum Gasteiger partial charge on any atom is 0.0561 e. The summed E-state index contributed by atoms with van der Waals surface area (Å²) in [5, 5.41) is 4.99. The molecule has 0 N–H and O–H groups in total. The number of hydrogen-bond acceptors (Lipinski definition) is 1. The van der Waals surface area contributed by atoms with Crippen molar-refractivity contribution >= 4 is 49.6 Å². The second-order valence-electron chi connectivity index (χ2n) is 12.2. The van der Waals surface area contributed by atoms with Crippen LogP contribution < -0.4 is 4.90 Å². The molecule has 0 saturated carbocycles. The summed E-state index contributed by atoms with van der Waals surface area (Å²) in [4.78, 5) is 2.35. The van der Waals surface area contributed by atoms with Gasteiger partial charge in [-0.3, -0.25) is 0 Å². The second-order valence-corrected chi connectivity index (χ2v) is 12.2. The van der Waals surface area contributed by atoms with Crippen LogP contribution in [-0.2, 0) is 0 Å². The monoisotopic (exact) mass is 612 g/mol. The Morgan fingerprint density at radius 1 is 0.333 bits per heavy atom. The van der Waals surface area contributed by atoms with E-state index in [0.29, 0.717) is 0 Å². The lowest BCUT2D eigenvalue weighted by Crippen LogP contribution is -2.10. The molecule has 0 atom stereocenters. The third-order valence-corrected chi connectivity index (χ3v) is 9.37. The molecule has 2 nitrogen and oxygen atoms in total. The average molecular weight is 613 g/mol. The van der Waals surface area contributed by atoms with Gasteiger partial charge >= 0.3 is 0 Å². The Hall–Kier alpha value is -6.38. The molecule has 0 aliphatic carbocycles. The van der Waals surface area contributed by atoms with Crippen LogP contribution in [0, 0.1) is 0 Å². The van der Waals surface area contributed by atoms with Crippen molar-refractivity contribution in [3.63, 3.8) is 0 Å². The van der Waals surface area contributed by atoms with Crippen LogP contribution in [0.25, 0.3) is 60.5 Å². The minimum Gasteiger partial charge on any atom is -0.310 e. The summed E-state index contributed by atoms with van der Waals surface area (Å²) in [7, 11) is 0. The van der Waals surface area contributed by atoms with Crippen molar-refractivity contribution in [2.75, 3.05) is 4.90 Å². The van der Waals surface area contributed by atoms with Crippen LogP contribution in [0.5, 0.6) is 0 Å². The summed E-state index contributed by atoms with van der Waals surface area (Å²) in [5.74, 6) is 0. The topological polar surface area (TPSA) is 8.17 Å². The van der Waals surface area contributed by atoms with Crippen LogP contribution in [0.3, 0.4) is 0 Å². The highest BCUT2D eigenvalue weighted by Gasteiger charge is 2.18. The van der Waals surface area contributed by atoms with Gasteiger partial charge in [-0.1, -0.05) is 140 Å². The molecule has 8 aromatic carbocycles. The fraction of sp³-hybridized carbons (Fsp3) is 0. The smallest absolute Gasteiger partial charge is 0.0561 e. The normalized spacial score (nSPS) is 11.3. The second kappa shape index (κ2) is 11.8. The Morgan fingerprint density at radius 3 is 1.65 bits per heavy atom. The molecule has 2 heteroatoms. The van der Waals surface area contributed by atoms with Crippen LogP contribution in [0.1, 0.15) is 0 Å². The summed E-state index contributed by atoms with van der Waals surface area (Å²) in [6.45, 7) is 0. The molecule has 226 valence electrons. The molecule has 0 fully saturated rings. The van der Waals surface area contributed by atoms with Gasteiger partial charge in [0, 0.05) is 33.5 Å². The van der Waals surface area contributed by atoms with E-state index in [1.807, 2.05) is 0 Å². The molecule has 1 aromatic heterocycles. The SMILES string of the molecule is c1ccc(-c2ccc(N(c3ccccc3)c3ccc4c5ccc(-c6cccc7ccccc67)cc5n(-c5ccccc5)c4c3)cc2)cc1. The zero-order valence-corrected chi connectivity index (χ0v) is 26.4. The van der Waals surface area contributed by atoms with E-state index in [-0.39, 0.29) is 0 Å². The molecule has 0 bridgehead atoms. The maximum absolute atomic E-state index is 2.42. The molecule has 0 spiro atoms. The zero-order chi connectivity index (χ0) is 31.9. The van der Waals surface area contributed by atoms with Gasteiger partial charge in [0.25, 0.3) is 0 Å². The van der Waals surface area contributed by atoms with Gasteiger partial charge in [-0.05, 0) is 87.6 Å². The molecule has 1 heterocycles. The van der Waals surface area contributed by atoms with Crippen LogP contribution in [-0.4, -0.2) is 4.57 Å². The fourth-order valence-electron chi connectivity index (χ4n) is 7.10. The molecular formula is C46H32N2. The van der Waals surface area contributed by atoms with Crippen LogP contribution in [0.2, 0.25) is 0 Å². The number of nitrogens with zero attached hydrogens (tertiary/aromatic N) is 2. The number of rotatable bonds is 6. The zero-order valence-electron chi connectivity index (χ0n) is 26.4. The Morgan fingerprint density at radius 2 is 0.875 bits per heavy atom. The molecular weight excluding hydrogens is 581 g/mol. The Kier molecular flexibility index (Phi) is 6.84. The van der Waals surface area contributed by atoms with Gasteiger partial charge in [0.2, 0.25) is 0 Å². The van der Waals surface area contributed by atoms with Crippen molar-refractivity contribution in [3.05, 3.63) is 194 Å². The third-order valence-electron chi connectivity index (χ3n) is 9.37. The summed E-state index contributed by atoms with van der Waals surface area (Å²) >= 11 is 0. The Balaban J connectivity index is 1.25. The highest BCUT2D eigenvalue weighted by Crippen LogP contribution is 2.41. The lowest BCUT2D eigenvalue weighted by molar-refractivity contribution is 1.18. The molecule has 0 radical (unpaired) electrons. The van der Waals surface area contributed by atoms with Crippen molar-refractivity contribution in [2.45, 2.75) is 0 Å². The molecule has 0 aliphatic rings. The predicted molar refractivity (Wildman–Crippen MR) is 204 cm³/mol. The molecule has 0 unspecified atom stereocenters. The number of para-hydroxylation sites is 2. The molecule has 0 saturated heterocycles. The summed E-state index contributed by atoms with van der Waals surface area (Å²) in [5.41, 5.74) is 11.7. The van der Waals surface area contributed by atoms with E-state index in [1.165, 1.54) is 54.8 Å². The largest absolute Gasteiger partial charge is 0.310 e. The minimum absolute atomic E-state index is 1.11. The third kappa shape index (κ3) is 4.83. The van der Waals surface area contributed by atoms with Crippen molar-refractivity contribution in [3.8, 4) is 27.9 Å². The minimum atomic E-state index is 1.11. The van der Waals surface area contributed by atoms with Crippen molar-refractivity contribution in [1.29, 1.82) is 0 Å². The van der Waals surface area contributed by atoms with Gasteiger partial charge in [0.1, 0.15) is 0 Å². The first-order valence-corrected chi connectivity index (χ1v) is 16.4. The highest BCUT2D eigenvalue weighted by atomic mass is 15.1. The Bertz CT molecular complexity index is 2530. The first-order valence-electron chi connectivity index (χ1n) is 16.4. The van der Waals surface area contributed by atoms with Gasteiger partial charge in [0.15, 0.2) is 0 Å². The van der Waals surface area contributed by atoms with E-state index in [2.05, 4.69) is 204 Å². The number of hydrogen-bond donors (Lipinski definition) is 0. The van der Waals surface area contributed by atoms with Gasteiger partial charge in [-0.15, -0.1) is 0 Å². The standard InChI is InChI=1S/C46H32N2/c1-4-13-33(14-5-1)34-23-26-39(27-24-34)47(37-17-6-2-7-18-37)40-28-30-44-43-29-25-36(42-22-12-16-35-15-10-11-21-41(35)42)31-45(43)48(46(44)32-40)38-19-8-3-9-20-38/h1-32H. The highest BCUT2D eigenvalue weighted by molar-refractivity contribution is 6.12. The first kappa shape index (κ1) is 27.9. The predicted octanol–water partition coefficient (Wildman–Crippen LogP) is 12.7. The molecule has 0 amide bonds. The lowest BCUT2D eigenvalue weighted by atomic mass is 9.97. The molecule has 0 aliphatic heterocycles. The van der Waals surface area contributed by atoms with Crippen molar-refractivity contribution in [2.24, 2.45) is 0 Å².